The molecule has 0 amide bonds. The van der Waals surface area contributed by atoms with Crippen molar-refractivity contribution in [2.45, 2.75) is 25.3 Å². The molecule has 4 heteroatoms. The van der Waals surface area contributed by atoms with Gasteiger partial charge < -0.3 is 4.57 Å². The summed E-state index contributed by atoms with van der Waals surface area (Å²) in [5.41, 5.74) is 4.54. The summed E-state index contributed by atoms with van der Waals surface area (Å²) in [6.07, 6.45) is 7.16. The van der Waals surface area contributed by atoms with Gasteiger partial charge in [-0.25, -0.2) is 9.37 Å². The van der Waals surface area contributed by atoms with Crippen LogP contribution in [0.2, 0.25) is 5.02 Å². The average Bonchev–Trinajstić information content (AvgIpc) is 3.06. The highest BCUT2D eigenvalue weighted by Crippen LogP contribution is 2.37. The van der Waals surface area contributed by atoms with E-state index in [1.165, 1.54) is 17.3 Å². The molecule has 0 aliphatic carbocycles. The minimum absolute atomic E-state index is 0.157. The number of rotatable bonds is 2. The third-order valence-corrected chi connectivity index (χ3v) is 4.83. The van der Waals surface area contributed by atoms with Gasteiger partial charge in [0.1, 0.15) is 5.82 Å². The first-order valence-corrected chi connectivity index (χ1v) is 8.17. The first-order valence-electron chi connectivity index (χ1n) is 7.79. The van der Waals surface area contributed by atoms with Gasteiger partial charge in [0.2, 0.25) is 0 Å². The van der Waals surface area contributed by atoms with Gasteiger partial charge in [-0.05, 0) is 48.1 Å². The molecule has 1 atom stereocenters. The molecule has 116 valence electrons. The van der Waals surface area contributed by atoms with E-state index < -0.39 is 0 Å². The Morgan fingerprint density at radius 2 is 2.04 bits per heavy atom. The van der Waals surface area contributed by atoms with Crippen molar-refractivity contribution >= 4 is 11.6 Å². The van der Waals surface area contributed by atoms with Gasteiger partial charge in [0.25, 0.3) is 0 Å². The standard InChI is InChI=1S/C19H16ClFN2/c20-17-10-13(8-9-18(17)21)15-5-1-2-6-16(15)19-7-3-4-14-11-22-12-23(14)19/h1-2,5-6,8-12,19H,3-4,7H2. The Balaban J connectivity index is 1.84. The smallest absolute Gasteiger partial charge is 0.141 e. The summed E-state index contributed by atoms with van der Waals surface area (Å²) in [7, 11) is 0. The van der Waals surface area contributed by atoms with E-state index >= 15 is 0 Å². The second kappa shape index (κ2) is 5.82. The van der Waals surface area contributed by atoms with Gasteiger partial charge in [-0.1, -0.05) is 41.9 Å². The number of hydrogen-bond acceptors (Lipinski definition) is 1. The number of nitrogens with zero attached hydrogens (tertiary/aromatic N) is 2. The Labute approximate surface area is 139 Å². The van der Waals surface area contributed by atoms with Gasteiger partial charge in [-0.15, -0.1) is 0 Å². The van der Waals surface area contributed by atoms with Gasteiger partial charge in [-0.2, -0.15) is 0 Å². The fourth-order valence-corrected chi connectivity index (χ4v) is 3.62. The van der Waals surface area contributed by atoms with Crippen LogP contribution in [-0.4, -0.2) is 9.55 Å². The van der Waals surface area contributed by atoms with Crippen molar-refractivity contribution in [3.8, 4) is 11.1 Å². The molecule has 0 saturated carbocycles. The molecule has 0 radical (unpaired) electrons. The highest BCUT2D eigenvalue weighted by molar-refractivity contribution is 6.31. The van der Waals surface area contributed by atoms with Crippen molar-refractivity contribution in [1.82, 2.24) is 9.55 Å². The van der Waals surface area contributed by atoms with Crippen molar-refractivity contribution in [2.24, 2.45) is 0 Å². The molecule has 0 fully saturated rings. The summed E-state index contributed by atoms with van der Waals surface area (Å²) in [6.45, 7) is 0. The molecule has 1 unspecified atom stereocenters. The van der Waals surface area contributed by atoms with Gasteiger partial charge in [0.05, 0.1) is 17.4 Å². The second-order valence-corrected chi connectivity index (χ2v) is 6.32. The molecule has 1 aliphatic heterocycles. The van der Waals surface area contributed by atoms with E-state index in [4.69, 9.17) is 11.6 Å². The normalized spacial score (nSPS) is 17.0. The van der Waals surface area contributed by atoms with Crippen LogP contribution in [0, 0.1) is 5.82 Å². The van der Waals surface area contributed by atoms with E-state index in [0.29, 0.717) is 0 Å². The van der Waals surface area contributed by atoms with Gasteiger partial charge in [-0.3, -0.25) is 0 Å². The summed E-state index contributed by atoms with van der Waals surface area (Å²) in [5.74, 6) is -0.387. The summed E-state index contributed by atoms with van der Waals surface area (Å²) in [6, 6.07) is 13.5. The Morgan fingerprint density at radius 3 is 2.91 bits per heavy atom. The molecule has 4 rings (SSSR count). The van der Waals surface area contributed by atoms with Crippen molar-refractivity contribution < 1.29 is 4.39 Å². The largest absolute Gasteiger partial charge is 0.327 e. The summed E-state index contributed by atoms with van der Waals surface area (Å²) < 4.78 is 15.7. The molecule has 0 bridgehead atoms. The molecule has 1 aliphatic rings. The average molecular weight is 327 g/mol. The Kier molecular flexibility index (Phi) is 3.66. The number of imidazole rings is 1. The van der Waals surface area contributed by atoms with Crippen LogP contribution in [0.25, 0.3) is 11.1 Å². The lowest BCUT2D eigenvalue weighted by Gasteiger charge is -2.27. The van der Waals surface area contributed by atoms with Gasteiger partial charge in [0.15, 0.2) is 0 Å². The number of aromatic nitrogens is 2. The van der Waals surface area contributed by atoms with E-state index in [2.05, 4.69) is 27.8 Å². The van der Waals surface area contributed by atoms with Crippen LogP contribution >= 0.6 is 11.6 Å². The molecule has 2 aromatic carbocycles. The van der Waals surface area contributed by atoms with Crippen molar-refractivity contribution in [1.29, 1.82) is 0 Å². The third-order valence-electron chi connectivity index (χ3n) is 4.54. The first-order chi connectivity index (χ1) is 11.2. The SMILES string of the molecule is Fc1ccc(-c2ccccc2C2CCCc3cncn32)cc1Cl. The molecule has 0 saturated heterocycles. The lowest BCUT2D eigenvalue weighted by molar-refractivity contribution is 0.458. The zero-order chi connectivity index (χ0) is 15.8. The molecule has 2 heterocycles. The minimum atomic E-state index is -0.387. The van der Waals surface area contributed by atoms with Gasteiger partial charge >= 0.3 is 0 Å². The van der Waals surface area contributed by atoms with E-state index in [-0.39, 0.29) is 16.9 Å². The van der Waals surface area contributed by atoms with Crippen LogP contribution in [-0.2, 0) is 6.42 Å². The predicted octanol–water partition coefficient (Wildman–Crippen LogP) is 5.27. The van der Waals surface area contributed by atoms with Crippen LogP contribution < -0.4 is 0 Å². The van der Waals surface area contributed by atoms with Crippen LogP contribution in [0.4, 0.5) is 4.39 Å². The monoisotopic (exact) mass is 326 g/mol. The quantitative estimate of drug-likeness (QED) is 0.627. The van der Waals surface area contributed by atoms with Crippen LogP contribution in [0.3, 0.4) is 0 Å². The molecule has 23 heavy (non-hydrogen) atoms. The van der Waals surface area contributed by atoms with Crippen molar-refractivity contribution in [3.05, 3.63) is 77.1 Å². The molecular weight excluding hydrogens is 311 g/mol. The highest BCUT2D eigenvalue weighted by atomic mass is 35.5. The third kappa shape index (κ3) is 2.55. The summed E-state index contributed by atoms with van der Waals surface area (Å²) >= 11 is 5.98. The fourth-order valence-electron chi connectivity index (χ4n) is 3.44. The molecule has 3 aromatic rings. The lowest BCUT2D eigenvalue weighted by Crippen LogP contribution is -2.18. The number of aryl methyl sites for hydroxylation is 1. The number of fused-ring (bicyclic) bond motifs is 1. The zero-order valence-electron chi connectivity index (χ0n) is 12.5. The number of hydrogen-bond donors (Lipinski definition) is 0. The number of halogens is 2. The molecular formula is C19H16ClFN2. The van der Waals surface area contributed by atoms with E-state index in [9.17, 15) is 4.39 Å². The Hall–Kier alpha value is -2.13. The molecule has 0 N–H and O–H groups in total. The maximum Gasteiger partial charge on any atom is 0.141 e. The Morgan fingerprint density at radius 1 is 1.17 bits per heavy atom. The lowest BCUT2D eigenvalue weighted by atomic mass is 9.90. The van der Waals surface area contributed by atoms with Crippen molar-refractivity contribution in [3.63, 3.8) is 0 Å². The van der Waals surface area contributed by atoms with E-state index in [1.54, 1.807) is 12.1 Å². The maximum atomic E-state index is 13.5. The summed E-state index contributed by atoms with van der Waals surface area (Å²) in [5, 5.41) is 0.157. The number of benzene rings is 2. The van der Waals surface area contributed by atoms with E-state index in [0.717, 1.165) is 30.4 Å². The maximum absolute atomic E-state index is 13.5. The molecule has 1 aromatic heterocycles. The van der Waals surface area contributed by atoms with Crippen LogP contribution in [0.15, 0.2) is 55.0 Å². The second-order valence-electron chi connectivity index (χ2n) is 5.92. The predicted molar refractivity (Wildman–Crippen MR) is 90.2 cm³/mol. The summed E-state index contributed by atoms with van der Waals surface area (Å²) in [4.78, 5) is 4.30. The van der Waals surface area contributed by atoms with Gasteiger partial charge in [0, 0.05) is 11.9 Å². The van der Waals surface area contributed by atoms with E-state index in [1.807, 2.05) is 18.6 Å². The highest BCUT2D eigenvalue weighted by Gasteiger charge is 2.23. The topological polar surface area (TPSA) is 17.8 Å². The Bertz CT molecular complexity index is 856. The first kappa shape index (κ1) is 14.5. The zero-order valence-corrected chi connectivity index (χ0v) is 13.3. The van der Waals surface area contributed by atoms with Crippen molar-refractivity contribution in [2.75, 3.05) is 0 Å². The van der Waals surface area contributed by atoms with Crippen LogP contribution in [0.5, 0.6) is 0 Å². The van der Waals surface area contributed by atoms with Crippen LogP contribution in [0.1, 0.15) is 30.1 Å². The molecule has 2 nitrogen and oxygen atoms in total. The fraction of sp³-hybridized carbons (Fsp3) is 0.211. The molecule has 0 spiro atoms. The minimum Gasteiger partial charge on any atom is -0.327 e.